The molecule has 0 aromatic rings. The predicted octanol–water partition coefficient (Wildman–Crippen LogP) is 4.38. The first-order valence-corrected chi connectivity index (χ1v) is 13.9. The molecular formula is C28H46O6-2. The van der Waals surface area contributed by atoms with Gasteiger partial charge in [0, 0.05) is 0 Å². The van der Waals surface area contributed by atoms with E-state index >= 15 is 0 Å². The van der Waals surface area contributed by atoms with Gasteiger partial charge in [-0.15, -0.1) is 0 Å². The molecule has 34 heavy (non-hydrogen) atoms. The SMILES string of the molecule is CCCCCCCC1OC1CCC/C(C(=O)[O-])=C(\CCCC1OC1CCCCCCC)C(=O)[O-]. The van der Waals surface area contributed by atoms with Crippen LogP contribution in [-0.4, -0.2) is 36.4 Å². The van der Waals surface area contributed by atoms with Crippen LogP contribution in [0.3, 0.4) is 0 Å². The van der Waals surface area contributed by atoms with Crippen LogP contribution in [-0.2, 0) is 19.1 Å². The Morgan fingerprint density at radius 2 is 0.853 bits per heavy atom. The minimum atomic E-state index is -1.39. The van der Waals surface area contributed by atoms with Gasteiger partial charge in [-0.05, 0) is 62.5 Å². The van der Waals surface area contributed by atoms with Crippen LogP contribution in [0.2, 0.25) is 0 Å². The van der Waals surface area contributed by atoms with E-state index < -0.39 is 11.9 Å². The maximum atomic E-state index is 11.7. The van der Waals surface area contributed by atoms with Gasteiger partial charge in [0.1, 0.15) is 0 Å². The second kappa shape index (κ2) is 16.3. The number of hydrogen-bond acceptors (Lipinski definition) is 6. The molecule has 0 bridgehead atoms. The Kier molecular flexibility index (Phi) is 13.8. The van der Waals surface area contributed by atoms with Crippen LogP contribution >= 0.6 is 0 Å². The van der Waals surface area contributed by atoms with E-state index in [1.165, 1.54) is 64.2 Å². The number of epoxide rings is 2. The minimum Gasteiger partial charge on any atom is -0.545 e. The molecule has 2 saturated heterocycles. The van der Waals surface area contributed by atoms with Crippen molar-refractivity contribution >= 4 is 11.9 Å². The van der Waals surface area contributed by atoms with Gasteiger partial charge in [-0.25, -0.2) is 0 Å². The fourth-order valence-electron chi connectivity index (χ4n) is 4.98. The van der Waals surface area contributed by atoms with Crippen molar-refractivity contribution in [2.24, 2.45) is 0 Å². The normalized spacial score (nSPS) is 24.1. The molecule has 2 aliphatic heterocycles. The zero-order valence-electron chi connectivity index (χ0n) is 21.5. The molecule has 196 valence electrons. The lowest BCUT2D eigenvalue weighted by Gasteiger charge is -2.17. The molecule has 2 heterocycles. The van der Waals surface area contributed by atoms with Gasteiger partial charge in [0.2, 0.25) is 0 Å². The number of carbonyl (C=O) groups is 2. The van der Waals surface area contributed by atoms with Crippen LogP contribution in [0.4, 0.5) is 0 Å². The zero-order valence-corrected chi connectivity index (χ0v) is 21.5. The van der Waals surface area contributed by atoms with Crippen LogP contribution in [0.1, 0.15) is 129 Å². The highest BCUT2D eigenvalue weighted by Crippen LogP contribution is 2.34. The Bertz CT molecular complexity index is 589. The molecule has 2 rings (SSSR count). The molecule has 0 saturated carbocycles. The molecular weight excluding hydrogens is 432 g/mol. The van der Waals surface area contributed by atoms with E-state index in [2.05, 4.69) is 13.8 Å². The average Bonchev–Trinajstić information content (AvgIpc) is 3.72. The number of hydrogen-bond donors (Lipinski definition) is 0. The van der Waals surface area contributed by atoms with Gasteiger partial charge in [0.15, 0.2) is 0 Å². The maximum absolute atomic E-state index is 11.7. The van der Waals surface area contributed by atoms with E-state index in [4.69, 9.17) is 9.47 Å². The molecule has 2 fully saturated rings. The second-order valence-electron chi connectivity index (χ2n) is 10.1. The van der Waals surface area contributed by atoms with Crippen LogP contribution in [0.5, 0.6) is 0 Å². The molecule has 6 heteroatoms. The Labute approximate surface area is 206 Å². The van der Waals surface area contributed by atoms with Crippen molar-refractivity contribution in [3.05, 3.63) is 11.1 Å². The van der Waals surface area contributed by atoms with Gasteiger partial charge in [0.05, 0.1) is 36.4 Å². The van der Waals surface area contributed by atoms with Crippen molar-refractivity contribution in [3.8, 4) is 0 Å². The van der Waals surface area contributed by atoms with Crippen LogP contribution < -0.4 is 10.2 Å². The average molecular weight is 479 g/mol. The summed E-state index contributed by atoms with van der Waals surface area (Å²) in [5.74, 6) is -2.79. The number of carboxylic acids is 2. The topological polar surface area (TPSA) is 105 Å². The van der Waals surface area contributed by atoms with E-state index in [1.807, 2.05) is 0 Å². The summed E-state index contributed by atoms with van der Waals surface area (Å²) in [5, 5.41) is 23.3. The Morgan fingerprint density at radius 1 is 0.529 bits per heavy atom. The third-order valence-corrected chi connectivity index (χ3v) is 7.25. The van der Waals surface area contributed by atoms with E-state index in [0.717, 1.165) is 25.7 Å². The summed E-state index contributed by atoms with van der Waals surface area (Å²) in [6.45, 7) is 4.41. The molecule has 2 aliphatic rings. The van der Waals surface area contributed by atoms with Gasteiger partial charge < -0.3 is 29.3 Å². The quantitative estimate of drug-likeness (QED) is 0.130. The molecule has 0 aliphatic carbocycles. The third-order valence-electron chi connectivity index (χ3n) is 7.25. The van der Waals surface area contributed by atoms with Gasteiger partial charge in [0.25, 0.3) is 0 Å². The molecule has 0 N–H and O–H groups in total. The van der Waals surface area contributed by atoms with E-state index in [9.17, 15) is 19.8 Å². The lowest BCUT2D eigenvalue weighted by atomic mass is 9.96. The highest BCUT2D eigenvalue weighted by Gasteiger charge is 2.38. The first kappa shape index (κ1) is 28.8. The molecule has 4 unspecified atom stereocenters. The van der Waals surface area contributed by atoms with Crippen LogP contribution in [0.15, 0.2) is 11.1 Å². The zero-order chi connectivity index (χ0) is 24.8. The van der Waals surface area contributed by atoms with E-state index in [1.54, 1.807) is 0 Å². The predicted molar refractivity (Wildman–Crippen MR) is 129 cm³/mol. The fourth-order valence-corrected chi connectivity index (χ4v) is 4.98. The number of unbranched alkanes of at least 4 members (excludes halogenated alkanes) is 8. The standard InChI is InChI=1S/C28H48O6/c1-3-5-7-9-11-17-23-25(33-23)19-13-15-21(27(29)30)22(28(31)32)16-14-20-26-24(34-26)18-12-10-8-6-4-2/h23-26H,3-20H2,1-2H3,(H,29,30)(H,31,32)/p-2/b22-21-. The van der Waals surface area contributed by atoms with Crippen LogP contribution in [0, 0.1) is 0 Å². The lowest BCUT2D eigenvalue weighted by molar-refractivity contribution is -0.304. The Morgan fingerprint density at radius 3 is 1.18 bits per heavy atom. The number of ether oxygens (including phenoxy) is 2. The molecule has 0 amide bonds. The van der Waals surface area contributed by atoms with Crippen molar-refractivity contribution in [1.29, 1.82) is 0 Å². The van der Waals surface area contributed by atoms with Crippen molar-refractivity contribution < 1.29 is 29.3 Å². The summed E-state index contributed by atoms with van der Waals surface area (Å²) in [4.78, 5) is 23.3. The number of rotatable bonds is 22. The molecule has 0 radical (unpaired) electrons. The monoisotopic (exact) mass is 478 g/mol. The highest BCUT2D eigenvalue weighted by atomic mass is 16.6. The third kappa shape index (κ3) is 11.4. The number of aliphatic carboxylic acids is 2. The summed E-state index contributed by atoms with van der Waals surface area (Å²) in [7, 11) is 0. The molecule has 0 aromatic carbocycles. The lowest BCUT2D eigenvalue weighted by Crippen LogP contribution is -2.32. The van der Waals surface area contributed by atoms with E-state index in [0.29, 0.717) is 12.8 Å². The van der Waals surface area contributed by atoms with Crippen molar-refractivity contribution in [3.63, 3.8) is 0 Å². The van der Waals surface area contributed by atoms with E-state index in [-0.39, 0.29) is 48.4 Å². The smallest absolute Gasteiger partial charge is 0.0842 e. The van der Waals surface area contributed by atoms with Crippen molar-refractivity contribution in [1.82, 2.24) is 0 Å². The minimum absolute atomic E-state index is 0.110. The second-order valence-corrected chi connectivity index (χ2v) is 10.1. The van der Waals surface area contributed by atoms with Gasteiger partial charge in [-0.3, -0.25) is 0 Å². The molecule has 0 spiro atoms. The Balaban J connectivity index is 1.66. The first-order valence-electron chi connectivity index (χ1n) is 13.9. The van der Waals surface area contributed by atoms with Gasteiger partial charge in [-0.1, -0.05) is 78.1 Å². The first-order chi connectivity index (χ1) is 16.5. The number of carbonyl (C=O) groups excluding carboxylic acids is 2. The van der Waals surface area contributed by atoms with Crippen molar-refractivity contribution in [2.45, 2.75) is 154 Å². The highest BCUT2D eigenvalue weighted by molar-refractivity contribution is 5.97. The van der Waals surface area contributed by atoms with Crippen molar-refractivity contribution in [2.75, 3.05) is 0 Å². The fraction of sp³-hybridized carbons (Fsp3) is 0.857. The summed E-state index contributed by atoms with van der Waals surface area (Å²) in [6, 6.07) is 0. The summed E-state index contributed by atoms with van der Waals surface area (Å²) in [5.41, 5.74) is -0.220. The largest absolute Gasteiger partial charge is 0.545 e. The summed E-state index contributed by atoms with van der Waals surface area (Å²) < 4.78 is 11.4. The molecule has 6 nitrogen and oxygen atoms in total. The Hall–Kier alpha value is -1.40. The maximum Gasteiger partial charge on any atom is 0.0842 e. The summed E-state index contributed by atoms with van der Waals surface area (Å²) >= 11 is 0. The van der Waals surface area contributed by atoms with Gasteiger partial charge in [-0.2, -0.15) is 0 Å². The van der Waals surface area contributed by atoms with Gasteiger partial charge >= 0.3 is 0 Å². The molecule has 4 atom stereocenters. The number of carboxylic acid groups (broad SMARTS) is 2. The van der Waals surface area contributed by atoms with Crippen LogP contribution in [0.25, 0.3) is 0 Å². The molecule has 0 aromatic heterocycles. The summed E-state index contributed by atoms with van der Waals surface area (Å²) in [6.07, 6.45) is 18.5.